The fourth-order valence-corrected chi connectivity index (χ4v) is 12.9. The van der Waals surface area contributed by atoms with E-state index in [0.717, 1.165) is 0 Å². The maximum atomic E-state index is 4.96. The Hall–Kier alpha value is -0.747. The molecule has 28 heavy (non-hydrogen) atoms. The van der Waals surface area contributed by atoms with E-state index in [9.17, 15) is 0 Å². The monoisotopic (exact) mass is 488 g/mol. The summed E-state index contributed by atoms with van der Waals surface area (Å²) in [5.41, 5.74) is 15.0. The van der Waals surface area contributed by atoms with Crippen LogP contribution in [0.1, 0.15) is 65.6 Å². The molecule has 0 amide bonds. The van der Waals surface area contributed by atoms with Crippen LogP contribution in [0.4, 0.5) is 0 Å². The van der Waals surface area contributed by atoms with Crippen molar-refractivity contribution in [3.63, 3.8) is 0 Å². The van der Waals surface area contributed by atoms with Crippen LogP contribution in [0.5, 0.6) is 0 Å². The zero-order valence-corrected chi connectivity index (χ0v) is 21.6. The van der Waals surface area contributed by atoms with Gasteiger partial charge in [-0.05, 0) is 0 Å². The topological polar surface area (TPSA) is 0 Å². The molecule has 0 saturated carbocycles. The third-order valence-corrected chi connectivity index (χ3v) is 13.7. The van der Waals surface area contributed by atoms with Crippen LogP contribution < -0.4 is 24.8 Å². The fraction of sp³-hybridized carbons (Fsp3) is 0.320. The van der Waals surface area contributed by atoms with Crippen molar-refractivity contribution < 1.29 is 46.1 Å². The van der Waals surface area contributed by atoms with E-state index in [4.69, 9.17) is 4.21 Å². The number of rotatable bonds is 2. The molecule has 3 heteroatoms. The number of benzene rings is 2. The third kappa shape index (κ3) is 3.49. The van der Waals surface area contributed by atoms with Crippen LogP contribution in [0.3, 0.4) is 0 Å². The Morgan fingerprint density at radius 3 is 1.29 bits per heavy atom. The average Bonchev–Trinajstić information content (AvgIpc) is 3.13. The predicted octanol–water partition coefficient (Wildman–Crippen LogP) is 0.595. The first-order valence-electron chi connectivity index (χ1n) is 9.56. The van der Waals surface area contributed by atoms with Crippen LogP contribution in [0.25, 0.3) is 12.2 Å². The van der Waals surface area contributed by atoms with Crippen molar-refractivity contribution in [1.29, 1.82) is 0 Å². The van der Waals surface area contributed by atoms with E-state index in [1.807, 2.05) is 0 Å². The smallest absolute Gasteiger partial charge is 1.00 e. The van der Waals surface area contributed by atoms with Gasteiger partial charge in [0.05, 0.1) is 0 Å². The minimum atomic E-state index is -2.08. The maximum absolute atomic E-state index is 4.96. The van der Waals surface area contributed by atoms with Crippen molar-refractivity contribution in [2.75, 3.05) is 0 Å². The summed E-state index contributed by atoms with van der Waals surface area (Å²) in [6.45, 7) is 13.8. The van der Waals surface area contributed by atoms with Gasteiger partial charge in [0.15, 0.2) is 0 Å². The second kappa shape index (κ2) is 8.55. The Labute approximate surface area is 190 Å². The summed E-state index contributed by atoms with van der Waals surface area (Å²) < 4.78 is 6.16. The fourth-order valence-electron chi connectivity index (χ4n) is 5.06. The molecule has 2 aromatic rings. The van der Waals surface area contributed by atoms with Crippen molar-refractivity contribution in [2.24, 2.45) is 0 Å². The van der Waals surface area contributed by atoms with E-state index >= 15 is 0 Å². The Morgan fingerprint density at radius 2 is 0.929 bits per heavy atom. The molecular formula is C25H28Cl2Zr. The molecule has 146 valence electrons. The standard InChI is InChI=1S/2C12H13.CH2.2ClH.Zr/c2*1-8-6-11-9(2)4-5-10(3)12(11)7-8;;;;/h2*4-7H,1-3H3;1H2;2*1H;/q;;;;;+2/p-2. The SMILES string of the molecule is [CH2]=[Zr+2]([CH]1C(C)=Cc2c(C)ccc(C)c21)[CH]1C(C)=Cc2c(C)ccc(C)c21.[Cl-].[Cl-]. The summed E-state index contributed by atoms with van der Waals surface area (Å²) >= 11 is -2.08. The summed E-state index contributed by atoms with van der Waals surface area (Å²) in [6, 6.07) is 9.17. The molecule has 4 rings (SSSR count). The summed E-state index contributed by atoms with van der Waals surface area (Å²) in [5.74, 6) is 0. The molecular weight excluding hydrogens is 462 g/mol. The van der Waals surface area contributed by atoms with Gasteiger partial charge in [-0.15, -0.1) is 0 Å². The predicted molar refractivity (Wildman–Crippen MR) is 112 cm³/mol. The quantitative estimate of drug-likeness (QED) is 0.579. The minimum absolute atomic E-state index is 0. The number of allylic oxidation sites excluding steroid dienone is 2. The van der Waals surface area contributed by atoms with Gasteiger partial charge in [-0.1, -0.05) is 0 Å². The molecule has 2 unspecified atom stereocenters. The van der Waals surface area contributed by atoms with E-state index in [2.05, 4.69) is 78.0 Å². The van der Waals surface area contributed by atoms with E-state index in [-0.39, 0.29) is 24.8 Å². The number of fused-ring (bicyclic) bond motifs is 2. The Balaban J connectivity index is 0.00000140. The van der Waals surface area contributed by atoms with Crippen molar-refractivity contribution >= 4 is 16.4 Å². The first kappa shape index (κ1) is 23.5. The van der Waals surface area contributed by atoms with Crippen molar-refractivity contribution in [2.45, 2.75) is 48.8 Å². The second-order valence-corrected chi connectivity index (χ2v) is 13.9. The number of hydrogen-bond acceptors (Lipinski definition) is 0. The van der Waals surface area contributed by atoms with Gasteiger partial charge >= 0.3 is 166 Å². The van der Waals surface area contributed by atoms with E-state index in [1.165, 1.54) is 33.4 Å². The molecule has 0 saturated heterocycles. The molecule has 2 atom stereocenters. The summed E-state index contributed by atoms with van der Waals surface area (Å²) in [6.07, 6.45) is 4.90. The van der Waals surface area contributed by atoms with Gasteiger partial charge in [0.2, 0.25) is 0 Å². The molecule has 0 spiro atoms. The molecule has 2 aromatic carbocycles. The second-order valence-electron chi connectivity index (χ2n) is 8.27. The number of hydrogen-bond donors (Lipinski definition) is 0. The first-order chi connectivity index (χ1) is 12.3. The zero-order valence-electron chi connectivity index (χ0n) is 17.6. The minimum Gasteiger partial charge on any atom is -1.00 e. The molecule has 0 heterocycles. The molecule has 0 fully saturated rings. The summed E-state index contributed by atoms with van der Waals surface area (Å²) in [4.78, 5) is 0. The van der Waals surface area contributed by atoms with E-state index in [1.54, 1.807) is 22.3 Å². The zero-order chi connectivity index (χ0) is 18.7. The van der Waals surface area contributed by atoms with Gasteiger partial charge in [0, 0.05) is 0 Å². The molecule has 2 aliphatic carbocycles. The van der Waals surface area contributed by atoms with Gasteiger partial charge < -0.3 is 24.8 Å². The number of aryl methyl sites for hydroxylation is 4. The molecule has 0 aliphatic heterocycles. The largest absolute Gasteiger partial charge is 1.00 e. The van der Waals surface area contributed by atoms with Gasteiger partial charge in [-0.25, -0.2) is 0 Å². The van der Waals surface area contributed by atoms with Crippen LogP contribution in [-0.2, 0) is 21.3 Å². The first-order valence-corrected chi connectivity index (χ1v) is 14.1. The van der Waals surface area contributed by atoms with Crippen LogP contribution in [0.15, 0.2) is 35.4 Å². The molecule has 2 aliphatic rings. The van der Waals surface area contributed by atoms with Crippen molar-refractivity contribution in [3.8, 4) is 0 Å². The summed E-state index contributed by atoms with van der Waals surface area (Å²) in [7, 11) is 0. The van der Waals surface area contributed by atoms with Crippen LogP contribution in [-0.4, -0.2) is 4.21 Å². The van der Waals surface area contributed by atoms with E-state index < -0.39 is 21.3 Å². The molecule has 0 radical (unpaired) electrons. The molecule has 0 nitrogen and oxygen atoms in total. The van der Waals surface area contributed by atoms with Crippen LogP contribution in [0, 0.1) is 27.7 Å². The van der Waals surface area contributed by atoms with Gasteiger partial charge in [0.1, 0.15) is 0 Å². The van der Waals surface area contributed by atoms with E-state index in [0.29, 0.717) is 7.25 Å². The normalized spacial score (nSPS) is 18.8. The van der Waals surface area contributed by atoms with Crippen LogP contribution in [0.2, 0.25) is 0 Å². The van der Waals surface area contributed by atoms with Crippen molar-refractivity contribution in [3.05, 3.63) is 79.9 Å². The molecule has 0 N–H and O–H groups in total. The Bertz CT molecular complexity index is 946. The molecule has 0 aromatic heterocycles. The molecule has 0 bridgehead atoms. The summed E-state index contributed by atoms with van der Waals surface area (Å²) in [5, 5.41) is 0. The third-order valence-electron chi connectivity index (χ3n) is 6.42. The average molecular weight is 491 g/mol. The number of halogens is 2. The van der Waals surface area contributed by atoms with Gasteiger partial charge in [-0.2, -0.15) is 0 Å². The van der Waals surface area contributed by atoms with Crippen molar-refractivity contribution in [1.82, 2.24) is 0 Å². The Kier molecular flexibility index (Phi) is 7.18. The van der Waals surface area contributed by atoms with Gasteiger partial charge in [-0.3, -0.25) is 0 Å². The maximum Gasteiger partial charge on any atom is -1.00 e. The Morgan fingerprint density at radius 1 is 0.607 bits per heavy atom. The van der Waals surface area contributed by atoms with Gasteiger partial charge in [0.25, 0.3) is 0 Å². The van der Waals surface area contributed by atoms with Crippen LogP contribution >= 0.6 is 0 Å².